The average Bonchev–Trinajstić information content (AvgIpc) is 3.68. The number of quaternary nitrogens is 2. The maximum absolute atomic E-state index is 13.2. The van der Waals surface area contributed by atoms with Gasteiger partial charge in [-0.3, -0.25) is 47.9 Å². The number of nitrogens with zero attached hydrogens (tertiary/aromatic N) is 2. The number of hydrogen-bond acceptors (Lipinski definition) is 21. The van der Waals surface area contributed by atoms with Crippen molar-refractivity contribution >= 4 is 103 Å². The van der Waals surface area contributed by atoms with Gasteiger partial charge in [0.2, 0.25) is 11.8 Å². The Morgan fingerprint density at radius 3 is 1.29 bits per heavy atom. The van der Waals surface area contributed by atoms with Crippen molar-refractivity contribution in [1.29, 1.82) is 0 Å². The van der Waals surface area contributed by atoms with Crippen molar-refractivity contribution in [3.8, 4) is 0 Å². The van der Waals surface area contributed by atoms with Gasteiger partial charge < -0.3 is 78.0 Å². The highest BCUT2D eigenvalue weighted by molar-refractivity contribution is 9.10. The van der Waals surface area contributed by atoms with E-state index in [0.717, 1.165) is 0 Å². The number of carboxylic acid groups (broad SMARTS) is 3. The standard InChI is InChI=1S/C24H39BrN2O11.C20H35BrN2O8.C4H4O3/c1-23(2,21(34)36-6)15-24(3,22(35)38-12-10-27(4,5)14-18(30)31)13-16(25)20(33)26-9-11-37-19(32)8-7-17(28)29;1-19(2,17(28)30-6)13-20(3,11-14(21)16(27)22-7-9-24)18(29)31-10-8-23(4,5)12-15(25)26;5-3-1-2-4(6)7-3/h16H,7-15H2,1-6H3,(H2-,26,28,29,30,31,33);14,24H,7-13H2,1-6H3,(H-,22,25,26,27);1-2H2. The van der Waals surface area contributed by atoms with Crippen LogP contribution in [0.4, 0.5) is 0 Å². The largest absolute Gasteiger partial charge is 0.544 e. The van der Waals surface area contributed by atoms with Crippen LogP contribution in [0.1, 0.15) is 92.9 Å². The van der Waals surface area contributed by atoms with Gasteiger partial charge in [0.1, 0.15) is 46.0 Å². The van der Waals surface area contributed by atoms with Crippen LogP contribution in [-0.4, -0.2) is 208 Å². The smallest absolute Gasteiger partial charge is 0.314 e. The molecule has 1 rings (SSSR count). The Hall–Kier alpha value is -5.32. The maximum atomic E-state index is 13.2. The van der Waals surface area contributed by atoms with Crippen molar-refractivity contribution in [2.24, 2.45) is 21.7 Å². The number of ether oxygens (including phenoxy) is 6. The zero-order chi connectivity index (χ0) is 59.5. The fourth-order valence-electron chi connectivity index (χ4n) is 7.51. The molecule has 4 atom stereocenters. The minimum absolute atomic E-state index is 0.0145. The molecule has 0 bridgehead atoms. The van der Waals surface area contributed by atoms with E-state index in [0.29, 0.717) is 0 Å². The van der Waals surface area contributed by atoms with Gasteiger partial charge in [-0.25, -0.2) is 0 Å². The number of carboxylic acids is 3. The van der Waals surface area contributed by atoms with E-state index >= 15 is 0 Å². The van der Waals surface area contributed by atoms with E-state index in [1.54, 1.807) is 69.7 Å². The lowest BCUT2D eigenvalue weighted by Gasteiger charge is -2.36. The lowest BCUT2D eigenvalue weighted by atomic mass is 9.71. The number of likely N-dealkylation sites (N-methyl/N-ethyl adjacent to an activating group) is 2. The first kappa shape index (κ1) is 72.8. The predicted octanol–water partition coefficient (Wildman–Crippen LogP) is -1.31. The maximum Gasteiger partial charge on any atom is 0.314 e. The molecule has 4 unspecified atom stereocenters. The second-order valence-corrected chi connectivity index (χ2v) is 23.2. The van der Waals surface area contributed by atoms with E-state index in [9.17, 15) is 67.7 Å². The lowest BCUT2D eigenvalue weighted by Crippen LogP contribution is -2.50. The molecule has 1 aliphatic rings. The summed E-state index contributed by atoms with van der Waals surface area (Å²) in [5.41, 5.74) is -4.67. The van der Waals surface area contributed by atoms with Crippen molar-refractivity contribution in [2.75, 3.05) is 108 Å². The van der Waals surface area contributed by atoms with E-state index in [-0.39, 0.29) is 126 Å². The van der Waals surface area contributed by atoms with Gasteiger partial charge in [-0.1, -0.05) is 31.9 Å². The van der Waals surface area contributed by atoms with Gasteiger partial charge in [0.25, 0.3) is 0 Å². The second kappa shape index (κ2) is 33.8. The Morgan fingerprint density at radius 1 is 0.618 bits per heavy atom. The number of nitrogens with one attached hydrogen (secondary N) is 2. The van der Waals surface area contributed by atoms with E-state index in [1.165, 1.54) is 14.2 Å². The first-order valence-corrected chi connectivity index (χ1v) is 25.7. The first-order chi connectivity index (χ1) is 34.7. The highest BCUT2D eigenvalue weighted by Gasteiger charge is 2.47. The van der Waals surface area contributed by atoms with E-state index in [2.05, 4.69) is 47.2 Å². The number of aliphatic hydroxyl groups excluding tert-OH is 1. The number of aliphatic carboxylic acids is 3. The number of hydrogen-bond donors (Lipinski definition) is 4. The van der Waals surface area contributed by atoms with Gasteiger partial charge in [-0.15, -0.1) is 0 Å². The Kier molecular flexibility index (Phi) is 32.3. The van der Waals surface area contributed by atoms with E-state index < -0.39 is 103 Å². The number of methoxy groups -OCH3 is 2. The zero-order valence-electron chi connectivity index (χ0n) is 45.6. The van der Waals surface area contributed by atoms with Gasteiger partial charge in [0.05, 0.1) is 124 Å². The fraction of sp³-hybridized carbons (Fsp3) is 0.750. The molecular weight excluding hydrogens is 1140 g/mol. The third-order valence-electron chi connectivity index (χ3n) is 11.3. The summed E-state index contributed by atoms with van der Waals surface area (Å²) in [5, 5.41) is 44.3. The Morgan fingerprint density at radius 2 is 0.987 bits per heavy atom. The summed E-state index contributed by atoms with van der Waals surface area (Å²) in [7, 11) is 9.11. The number of halogens is 2. The van der Waals surface area contributed by atoms with Crippen LogP contribution in [0.5, 0.6) is 0 Å². The van der Waals surface area contributed by atoms with Gasteiger partial charge >= 0.3 is 47.8 Å². The van der Waals surface area contributed by atoms with Crippen molar-refractivity contribution in [3.63, 3.8) is 0 Å². The number of esters is 7. The van der Waals surface area contributed by atoms with Crippen LogP contribution in [0.3, 0.4) is 0 Å². The van der Waals surface area contributed by atoms with Crippen molar-refractivity contribution < 1.29 is 115 Å². The summed E-state index contributed by atoms with van der Waals surface area (Å²) in [6.07, 6.45) is -0.119. The topological polar surface area (TPSA) is 371 Å². The Balaban J connectivity index is 0. The summed E-state index contributed by atoms with van der Waals surface area (Å²) >= 11 is 6.55. The molecule has 76 heavy (non-hydrogen) atoms. The molecule has 4 N–H and O–H groups in total. The first-order valence-electron chi connectivity index (χ1n) is 23.8. The molecule has 0 aromatic carbocycles. The summed E-state index contributed by atoms with van der Waals surface area (Å²) in [6.45, 7) is 9.07. The van der Waals surface area contributed by atoms with Gasteiger partial charge in [0.15, 0.2) is 0 Å². The van der Waals surface area contributed by atoms with Crippen LogP contribution < -0.4 is 20.8 Å². The minimum atomic E-state index is -1.32. The number of carbonyl (C=O) groups is 12. The predicted molar refractivity (Wildman–Crippen MR) is 269 cm³/mol. The van der Waals surface area contributed by atoms with Crippen LogP contribution in [0, 0.1) is 21.7 Å². The molecule has 0 aromatic heterocycles. The average molecular weight is 1220 g/mol. The number of alkyl halides is 2. The monoisotopic (exact) mass is 1220 g/mol. The van der Waals surface area contributed by atoms with Crippen LogP contribution in [0.2, 0.25) is 0 Å². The summed E-state index contributed by atoms with van der Waals surface area (Å²) in [6, 6.07) is 0. The van der Waals surface area contributed by atoms with Crippen LogP contribution in [0.15, 0.2) is 0 Å². The second-order valence-electron chi connectivity index (χ2n) is 21.0. The summed E-state index contributed by atoms with van der Waals surface area (Å²) in [4.78, 5) is 138. The Bertz CT molecular complexity index is 2020. The molecule has 0 aliphatic carbocycles. The lowest BCUT2D eigenvalue weighted by molar-refractivity contribution is -0.884. The van der Waals surface area contributed by atoms with Crippen LogP contribution in [0.25, 0.3) is 0 Å². The minimum Gasteiger partial charge on any atom is -0.544 e. The van der Waals surface area contributed by atoms with Crippen molar-refractivity contribution in [1.82, 2.24) is 10.6 Å². The number of aliphatic hydroxyl groups is 1. The molecule has 436 valence electrons. The van der Waals surface area contributed by atoms with Crippen LogP contribution >= 0.6 is 31.9 Å². The quantitative estimate of drug-likeness (QED) is 0.0152. The number of carbonyl (C=O) groups excluding carboxylic acids is 11. The normalized spacial score (nSPS) is 14.9. The van der Waals surface area contributed by atoms with E-state index in [1.807, 2.05) is 0 Å². The highest BCUT2D eigenvalue weighted by atomic mass is 79.9. The molecule has 2 amide bonds. The molecule has 1 fully saturated rings. The molecular formula is C48H78Br2N4O22. The SMILES string of the molecule is COC(=O)C(C)(C)CC(C)(CC(Br)C(=O)NCCO)C(=O)OCC[N+](C)(C)CC(=O)[O-].COC(=O)C(C)(C)CC(C)(CC(Br)C(=O)NCCOC(=O)CCC(=O)O)C(=O)OCC[N+](C)(C)CC(=O)[O-].O=C1CCC(=O)O1. The molecule has 28 heteroatoms. The number of cyclic esters (lactones) is 2. The molecule has 0 aromatic rings. The molecule has 0 saturated carbocycles. The molecule has 1 aliphatic heterocycles. The van der Waals surface area contributed by atoms with Crippen LogP contribution in [-0.2, 0) is 86.0 Å². The molecule has 0 spiro atoms. The Labute approximate surface area is 459 Å². The summed E-state index contributed by atoms with van der Waals surface area (Å²) < 4.78 is 29.6. The van der Waals surface area contributed by atoms with Gasteiger partial charge in [0, 0.05) is 6.54 Å². The molecule has 1 saturated heterocycles. The van der Waals surface area contributed by atoms with Crippen molar-refractivity contribution in [3.05, 3.63) is 0 Å². The summed E-state index contributed by atoms with van der Waals surface area (Å²) in [5.74, 6) is -8.35. The van der Waals surface area contributed by atoms with E-state index in [4.69, 9.17) is 33.9 Å². The molecule has 26 nitrogen and oxygen atoms in total. The highest BCUT2D eigenvalue weighted by Crippen LogP contribution is 2.42. The molecule has 1 heterocycles. The third-order valence-corrected chi connectivity index (χ3v) is 12.8. The van der Waals surface area contributed by atoms with Gasteiger partial charge in [-0.05, 0) is 67.2 Å². The number of rotatable bonds is 32. The molecule has 0 radical (unpaired) electrons. The fourth-order valence-corrected chi connectivity index (χ4v) is 9.26. The van der Waals surface area contributed by atoms with Crippen molar-refractivity contribution in [2.45, 2.75) is 103 Å². The number of amides is 2. The zero-order valence-corrected chi connectivity index (χ0v) is 48.8. The third kappa shape index (κ3) is 30.4. The van der Waals surface area contributed by atoms with Gasteiger partial charge in [-0.2, -0.15) is 0 Å².